The van der Waals surface area contributed by atoms with Crippen molar-refractivity contribution in [3.8, 4) is 11.5 Å². The zero-order valence-electron chi connectivity index (χ0n) is 18.1. The van der Waals surface area contributed by atoms with Crippen LogP contribution in [0.2, 0.25) is 0 Å². The number of ether oxygens (including phenoxy) is 3. The number of nitrogens with zero attached hydrogens (tertiary/aromatic N) is 1. The van der Waals surface area contributed by atoms with Crippen molar-refractivity contribution in [2.45, 2.75) is 25.6 Å². The highest BCUT2D eigenvalue weighted by Crippen LogP contribution is 2.37. The van der Waals surface area contributed by atoms with Crippen LogP contribution in [0.3, 0.4) is 0 Å². The lowest BCUT2D eigenvalue weighted by Gasteiger charge is -2.22. The van der Waals surface area contributed by atoms with E-state index in [9.17, 15) is 4.79 Å². The van der Waals surface area contributed by atoms with Crippen molar-refractivity contribution in [2.24, 2.45) is 5.16 Å². The van der Waals surface area contributed by atoms with E-state index in [4.69, 9.17) is 9.47 Å². The molecule has 164 valence electrons. The molecule has 3 aromatic rings. The Morgan fingerprint density at radius 3 is 2.44 bits per heavy atom. The van der Waals surface area contributed by atoms with Crippen LogP contribution in [0, 0.1) is 0 Å². The molecule has 32 heavy (non-hydrogen) atoms. The maximum atomic E-state index is 11.3. The number of rotatable bonds is 5. The molecule has 5 rings (SSSR count). The van der Waals surface area contributed by atoms with Crippen LogP contribution >= 0.6 is 0 Å². The molecule has 1 heterocycles. The van der Waals surface area contributed by atoms with Crippen molar-refractivity contribution in [3.63, 3.8) is 0 Å². The predicted octanol–water partition coefficient (Wildman–Crippen LogP) is 4.86. The molecule has 1 aliphatic carbocycles. The molecule has 1 atom stereocenters. The number of oxime groups is 1. The first-order valence-electron chi connectivity index (χ1n) is 10.4. The van der Waals surface area contributed by atoms with E-state index in [0.717, 1.165) is 24.3 Å². The van der Waals surface area contributed by atoms with E-state index in [1.165, 1.54) is 30.9 Å². The van der Waals surface area contributed by atoms with Gasteiger partial charge in [0.05, 0.1) is 7.11 Å². The Kier molecular flexibility index (Phi) is 6.70. The topological polar surface area (TPSA) is 66.4 Å². The summed E-state index contributed by atoms with van der Waals surface area (Å²) in [4.78, 5) is 15.8. The minimum Gasteiger partial charge on any atom is -0.488 e. The van der Waals surface area contributed by atoms with Crippen molar-refractivity contribution >= 4 is 11.7 Å². The van der Waals surface area contributed by atoms with Gasteiger partial charge in [0.15, 0.2) is 5.71 Å². The second-order valence-corrected chi connectivity index (χ2v) is 7.38. The molecule has 3 aromatic carbocycles. The van der Waals surface area contributed by atoms with E-state index in [1.807, 2.05) is 30.3 Å². The summed E-state index contributed by atoms with van der Waals surface area (Å²) in [7, 11) is 2.68. The number of fused-ring (bicyclic) bond motifs is 2. The van der Waals surface area contributed by atoms with Gasteiger partial charge >= 0.3 is 5.97 Å². The first kappa shape index (κ1) is 21.4. The summed E-state index contributed by atoms with van der Waals surface area (Å²) >= 11 is 0. The molecular weight excluding hydrogens is 406 g/mol. The van der Waals surface area contributed by atoms with Crippen LogP contribution in [0.5, 0.6) is 11.5 Å². The number of aryl methyl sites for hydroxylation is 1. The molecule has 0 radical (unpaired) electrons. The summed E-state index contributed by atoms with van der Waals surface area (Å²) in [6, 6.07) is 23.6. The first-order valence-corrected chi connectivity index (χ1v) is 10.4. The fourth-order valence-corrected chi connectivity index (χ4v) is 3.75. The van der Waals surface area contributed by atoms with Gasteiger partial charge in [0.2, 0.25) is 0 Å². The van der Waals surface area contributed by atoms with Crippen molar-refractivity contribution in [1.29, 1.82) is 0 Å². The second kappa shape index (κ2) is 10.0. The summed E-state index contributed by atoms with van der Waals surface area (Å²) in [5.41, 5.74) is 4.85. The van der Waals surface area contributed by atoms with Crippen LogP contribution in [-0.2, 0) is 27.4 Å². The van der Waals surface area contributed by atoms with Gasteiger partial charge in [-0.15, -0.1) is 0 Å². The lowest BCUT2D eigenvalue weighted by molar-refractivity contribution is -0.132. The van der Waals surface area contributed by atoms with Gasteiger partial charge < -0.3 is 19.0 Å². The Morgan fingerprint density at radius 2 is 1.75 bits per heavy atom. The monoisotopic (exact) mass is 431 g/mol. The second-order valence-electron chi connectivity index (χ2n) is 7.38. The summed E-state index contributed by atoms with van der Waals surface area (Å²) in [5, 5.41) is 3.61. The van der Waals surface area contributed by atoms with Crippen LogP contribution in [0.25, 0.3) is 0 Å². The highest BCUT2D eigenvalue weighted by molar-refractivity contribution is 6.43. The molecule has 0 saturated carbocycles. The third kappa shape index (κ3) is 4.75. The van der Waals surface area contributed by atoms with Crippen molar-refractivity contribution < 1.29 is 23.8 Å². The molecule has 0 aromatic heterocycles. The zero-order chi connectivity index (χ0) is 22.3. The third-order valence-electron chi connectivity index (χ3n) is 5.38. The summed E-state index contributed by atoms with van der Waals surface area (Å²) in [5.74, 6) is 1.44. The zero-order valence-corrected chi connectivity index (χ0v) is 18.1. The first-order chi connectivity index (χ1) is 15.7. The van der Waals surface area contributed by atoms with Crippen molar-refractivity contribution in [1.82, 2.24) is 0 Å². The molecule has 6 nitrogen and oxygen atoms in total. The fraction of sp³-hybridized carbons (Fsp3) is 0.231. The third-order valence-corrected chi connectivity index (χ3v) is 5.38. The lowest BCUT2D eigenvalue weighted by atomic mass is 10.1. The smallest absolute Gasteiger partial charge is 0.360 e. The molecule has 1 unspecified atom stereocenters. The lowest BCUT2D eigenvalue weighted by Crippen LogP contribution is -2.17. The van der Waals surface area contributed by atoms with Gasteiger partial charge in [-0.05, 0) is 42.2 Å². The predicted molar refractivity (Wildman–Crippen MR) is 121 cm³/mol. The van der Waals surface area contributed by atoms with Gasteiger partial charge in [-0.2, -0.15) is 0 Å². The maximum absolute atomic E-state index is 11.3. The van der Waals surface area contributed by atoms with Crippen LogP contribution in [-0.4, -0.2) is 25.9 Å². The van der Waals surface area contributed by atoms with Gasteiger partial charge in [-0.1, -0.05) is 59.8 Å². The molecule has 0 spiro atoms. The highest BCUT2D eigenvalue weighted by Gasteiger charge is 2.24. The molecule has 1 aliphatic heterocycles. The van der Waals surface area contributed by atoms with E-state index < -0.39 is 5.97 Å². The minimum atomic E-state index is -0.516. The number of carbonyl (C=O) groups excluding carboxylic acids is 1. The van der Waals surface area contributed by atoms with Gasteiger partial charge in [0.25, 0.3) is 0 Å². The minimum absolute atomic E-state index is 0.163. The average molecular weight is 431 g/mol. The standard InChI is InChI=1S/C16H14O2.C10H11NO3/c1-2-4-14-11(3-1)5-7-16(14)18-13-6-8-15-12(9-13)10-17-15;1-13-10(12)9(11-14-2)8-6-4-3-5-7-8/h1-4,6,8-9,16H,5,7,10H2;3-7H,1-2H3. The van der Waals surface area contributed by atoms with Gasteiger partial charge in [-0.25, -0.2) is 4.79 Å². The Balaban J connectivity index is 0.000000159. The quantitative estimate of drug-likeness (QED) is 0.328. The Morgan fingerprint density at radius 1 is 0.969 bits per heavy atom. The number of esters is 1. The number of carbonyl (C=O) groups is 1. The van der Waals surface area contributed by atoms with Gasteiger partial charge in [0.1, 0.15) is 31.3 Å². The van der Waals surface area contributed by atoms with Gasteiger partial charge in [0, 0.05) is 11.1 Å². The largest absolute Gasteiger partial charge is 0.488 e. The highest BCUT2D eigenvalue weighted by atomic mass is 16.6. The Labute approximate surface area is 187 Å². The van der Waals surface area contributed by atoms with Crippen LogP contribution in [0.4, 0.5) is 0 Å². The van der Waals surface area contributed by atoms with Crippen LogP contribution < -0.4 is 9.47 Å². The maximum Gasteiger partial charge on any atom is 0.360 e. The molecule has 0 fully saturated rings. The van der Waals surface area contributed by atoms with E-state index >= 15 is 0 Å². The number of methoxy groups -OCH3 is 1. The fourth-order valence-electron chi connectivity index (χ4n) is 3.75. The van der Waals surface area contributed by atoms with Gasteiger partial charge in [-0.3, -0.25) is 0 Å². The van der Waals surface area contributed by atoms with Crippen molar-refractivity contribution in [3.05, 3.63) is 95.1 Å². The van der Waals surface area contributed by atoms with E-state index in [1.54, 1.807) is 12.1 Å². The Bertz CT molecular complexity index is 1110. The normalized spacial score (nSPS) is 15.7. The molecule has 0 amide bonds. The molecule has 0 N–H and O–H groups in total. The summed E-state index contributed by atoms with van der Waals surface area (Å²) < 4.78 is 16.0. The van der Waals surface area contributed by atoms with Crippen LogP contribution in [0.15, 0.2) is 78.0 Å². The van der Waals surface area contributed by atoms with Crippen molar-refractivity contribution in [2.75, 3.05) is 14.2 Å². The summed E-state index contributed by atoms with van der Waals surface area (Å²) in [6.07, 6.45) is 2.40. The average Bonchev–Trinajstić information content (AvgIpc) is 3.22. The number of benzene rings is 3. The van der Waals surface area contributed by atoms with E-state index in [0.29, 0.717) is 12.2 Å². The SMILES string of the molecule is CON=C(C(=O)OC)c1ccccc1.c1ccc2c(c1)CCC2Oc1ccc2c(c1)CO2. The van der Waals surface area contributed by atoms with Crippen LogP contribution in [0.1, 0.15) is 34.8 Å². The molecule has 6 heteroatoms. The van der Waals surface area contributed by atoms with E-state index in [-0.39, 0.29) is 11.8 Å². The van der Waals surface area contributed by atoms with E-state index in [2.05, 4.69) is 45.1 Å². The molecular formula is C26H25NO5. The molecule has 0 bridgehead atoms. The Hall–Kier alpha value is -3.80. The number of hydrogen-bond donors (Lipinski definition) is 0. The summed E-state index contributed by atoms with van der Waals surface area (Å²) in [6.45, 7) is 0.716. The molecule has 2 aliphatic rings. The molecule has 0 saturated heterocycles. The number of hydrogen-bond acceptors (Lipinski definition) is 6.